The van der Waals surface area contributed by atoms with Gasteiger partial charge >= 0.3 is 0 Å². The molecule has 1 aromatic carbocycles. The van der Waals surface area contributed by atoms with Crippen molar-refractivity contribution in [3.63, 3.8) is 0 Å². The molecule has 1 heterocycles. The zero-order valence-electron chi connectivity index (χ0n) is 14.1. The Balaban J connectivity index is 1.34. The smallest absolute Gasteiger partial charge is 0.176 e. The summed E-state index contributed by atoms with van der Waals surface area (Å²) < 4.78 is 0. The molecule has 1 aliphatic heterocycles. The number of nitrogens with one attached hydrogen (secondary N) is 2. The molecule has 3 aliphatic rings. The molecule has 124 valence electrons. The number of ketones is 1. The fraction of sp³-hybridized carbons (Fsp3) is 0.650. The zero-order valence-corrected chi connectivity index (χ0v) is 14.1. The second-order valence-corrected chi connectivity index (χ2v) is 7.83. The van der Waals surface area contributed by atoms with Crippen LogP contribution in [0.1, 0.15) is 54.9 Å². The summed E-state index contributed by atoms with van der Waals surface area (Å²) in [5.74, 6) is 2.90. The van der Waals surface area contributed by atoms with Crippen molar-refractivity contribution in [2.75, 3.05) is 18.4 Å². The number of carbonyl (C=O) groups is 1. The van der Waals surface area contributed by atoms with Crippen LogP contribution in [-0.4, -0.2) is 24.9 Å². The maximum Gasteiger partial charge on any atom is 0.176 e. The predicted molar refractivity (Wildman–Crippen MR) is 94.0 cm³/mol. The molecule has 23 heavy (non-hydrogen) atoms. The van der Waals surface area contributed by atoms with Crippen LogP contribution in [0.25, 0.3) is 0 Å². The first-order valence-corrected chi connectivity index (χ1v) is 9.34. The Labute approximate surface area is 139 Å². The van der Waals surface area contributed by atoms with Crippen molar-refractivity contribution in [2.24, 2.45) is 17.8 Å². The number of aryl methyl sites for hydroxylation is 1. The minimum Gasteiger partial charge on any atom is -0.385 e. The molecule has 3 nitrogen and oxygen atoms in total. The van der Waals surface area contributed by atoms with E-state index in [9.17, 15) is 4.79 Å². The molecule has 0 amide bonds. The maximum absolute atomic E-state index is 12.5. The van der Waals surface area contributed by atoms with Crippen LogP contribution in [0.5, 0.6) is 0 Å². The van der Waals surface area contributed by atoms with E-state index in [0.29, 0.717) is 12.6 Å². The van der Waals surface area contributed by atoms with Gasteiger partial charge in [-0.1, -0.05) is 6.42 Å². The van der Waals surface area contributed by atoms with Gasteiger partial charge in [-0.15, -0.1) is 0 Å². The molecule has 0 radical (unpaired) electrons. The molecule has 4 atom stereocenters. The van der Waals surface area contributed by atoms with E-state index in [4.69, 9.17) is 0 Å². The van der Waals surface area contributed by atoms with Gasteiger partial charge in [-0.05, 0) is 80.5 Å². The molecule has 2 fully saturated rings. The van der Waals surface area contributed by atoms with Gasteiger partial charge in [0, 0.05) is 23.8 Å². The lowest BCUT2D eigenvalue weighted by Crippen LogP contribution is -2.39. The highest BCUT2D eigenvalue weighted by atomic mass is 16.1. The molecule has 2 saturated carbocycles. The first kappa shape index (κ1) is 15.2. The van der Waals surface area contributed by atoms with E-state index < -0.39 is 0 Å². The van der Waals surface area contributed by atoms with Crippen LogP contribution in [0.3, 0.4) is 0 Å². The van der Waals surface area contributed by atoms with Crippen molar-refractivity contribution in [3.05, 3.63) is 29.3 Å². The second-order valence-electron chi connectivity index (χ2n) is 7.83. The molecular weight excluding hydrogens is 284 g/mol. The average molecular weight is 312 g/mol. The topological polar surface area (TPSA) is 41.1 Å². The van der Waals surface area contributed by atoms with E-state index in [1.54, 1.807) is 0 Å². The van der Waals surface area contributed by atoms with Crippen LogP contribution in [0.2, 0.25) is 0 Å². The summed E-state index contributed by atoms with van der Waals surface area (Å²) in [6, 6.07) is 6.60. The number of rotatable bonds is 5. The summed E-state index contributed by atoms with van der Waals surface area (Å²) in [6.45, 7) is 3.79. The van der Waals surface area contributed by atoms with Gasteiger partial charge in [0.15, 0.2) is 5.78 Å². The quantitative estimate of drug-likeness (QED) is 0.816. The number of Topliss-reactive ketones (excluding diaryl/α,β-unsaturated/α-hetero) is 1. The van der Waals surface area contributed by atoms with E-state index in [1.165, 1.54) is 36.9 Å². The first-order valence-electron chi connectivity index (χ1n) is 9.34. The minimum atomic E-state index is 0.230. The van der Waals surface area contributed by atoms with Crippen molar-refractivity contribution in [2.45, 2.75) is 51.5 Å². The van der Waals surface area contributed by atoms with Gasteiger partial charge in [0.25, 0.3) is 0 Å². The Morgan fingerprint density at radius 1 is 1.35 bits per heavy atom. The molecule has 4 unspecified atom stereocenters. The van der Waals surface area contributed by atoms with Gasteiger partial charge in [0.1, 0.15) is 0 Å². The Kier molecular flexibility index (Phi) is 4.14. The normalized spacial score (nSPS) is 29.9. The SMILES string of the molecule is CC(NCC(=O)c1ccc2c(c1)CCCN2)C1CC2CCC1C2. The van der Waals surface area contributed by atoms with Crippen molar-refractivity contribution < 1.29 is 4.79 Å². The van der Waals surface area contributed by atoms with Crippen LogP contribution < -0.4 is 10.6 Å². The van der Waals surface area contributed by atoms with Crippen LogP contribution in [-0.2, 0) is 6.42 Å². The summed E-state index contributed by atoms with van der Waals surface area (Å²) in [4.78, 5) is 12.5. The Bertz CT molecular complexity index is 597. The molecule has 0 spiro atoms. The van der Waals surface area contributed by atoms with E-state index in [1.807, 2.05) is 6.07 Å². The number of hydrogen-bond acceptors (Lipinski definition) is 3. The Hall–Kier alpha value is -1.35. The highest BCUT2D eigenvalue weighted by Crippen LogP contribution is 2.49. The van der Waals surface area contributed by atoms with Crippen molar-refractivity contribution >= 4 is 11.5 Å². The van der Waals surface area contributed by atoms with E-state index >= 15 is 0 Å². The molecule has 4 rings (SSSR count). The summed E-state index contributed by atoms with van der Waals surface area (Å²) in [7, 11) is 0. The van der Waals surface area contributed by atoms with Gasteiger partial charge in [-0.2, -0.15) is 0 Å². The third kappa shape index (κ3) is 3.03. The van der Waals surface area contributed by atoms with Crippen LogP contribution in [0, 0.1) is 17.8 Å². The fourth-order valence-electron chi connectivity index (χ4n) is 5.06. The highest BCUT2D eigenvalue weighted by Gasteiger charge is 2.41. The van der Waals surface area contributed by atoms with E-state index in [2.05, 4.69) is 29.7 Å². The molecule has 3 heteroatoms. The lowest BCUT2D eigenvalue weighted by molar-refractivity contribution is 0.0981. The summed E-state index contributed by atoms with van der Waals surface area (Å²) in [5, 5.41) is 6.93. The third-order valence-electron chi connectivity index (χ3n) is 6.39. The van der Waals surface area contributed by atoms with Crippen molar-refractivity contribution in [1.29, 1.82) is 0 Å². The lowest BCUT2D eigenvalue weighted by Gasteiger charge is -2.28. The summed E-state index contributed by atoms with van der Waals surface area (Å²) in [6.07, 6.45) is 7.89. The van der Waals surface area contributed by atoms with E-state index in [0.717, 1.165) is 42.7 Å². The van der Waals surface area contributed by atoms with Gasteiger partial charge in [0.05, 0.1) is 6.54 Å². The van der Waals surface area contributed by atoms with Gasteiger partial charge in [-0.25, -0.2) is 0 Å². The molecule has 2 aliphatic carbocycles. The number of carbonyl (C=O) groups excluding carboxylic acids is 1. The predicted octanol–water partition coefficient (Wildman–Crippen LogP) is 3.64. The second kappa shape index (κ2) is 6.27. The monoisotopic (exact) mass is 312 g/mol. The van der Waals surface area contributed by atoms with Crippen LogP contribution in [0.4, 0.5) is 5.69 Å². The lowest BCUT2D eigenvalue weighted by atomic mass is 9.84. The Morgan fingerprint density at radius 2 is 2.26 bits per heavy atom. The Morgan fingerprint density at radius 3 is 3.04 bits per heavy atom. The van der Waals surface area contributed by atoms with Crippen LogP contribution in [0.15, 0.2) is 18.2 Å². The minimum absolute atomic E-state index is 0.230. The molecule has 0 aromatic heterocycles. The standard InChI is InChI=1S/C20H28N2O/c1-13(18-10-14-4-5-15(18)9-14)22-12-20(23)17-6-7-19-16(11-17)3-2-8-21-19/h6-7,11,13-15,18,21-22H,2-5,8-10,12H2,1H3. The molecule has 2 N–H and O–H groups in total. The van der Waals surface area contributed by atoms with Crippen LogP contribution >= 0.6 is 0 Å². The number of anilines is 1. The van der Waals surface area contributed by atoms with Gasteiger partial charge in [0.2, 0.25) is 0 Å². The highest BCUT2D eigenvalue weighted by molar-refractivity contribution is 5.98. The van der Waals surface area contributed by atoms with Crippen molar-refractivity contribution in [3.8, 4) is 0 Å². The number of fused-ring (bicyclic) bond motifs is 3. The van der Waals surface area contributed by atoms with Gasteiger partial charge < -0.3 is 10.6 Å². The zero-order chi connectivity index (χ0) is 15.8. The van der Waals surface area contributed by atoms with Crippen molar-refractivity contribution in [1.82, 2.24) is 5.32 Å². The number of hydrogen-bond donors (Lipinski definition) is 2. The molecular formula is C20H28N2O. The summed E-state index contributed by atoms with van der Waals surface area (Å²) in [5.41, 5.74) is 3.36. The maximum atomic E-state index is 12.5. The largest absolute Gasteiger partial charge is 0.385 e. The third-order valence-corrected chi connectivity index (χ3v) is 6.39. The van der Waals surface area contributed by atoms with E-state index in [-0.39, 0.29) is 5.78 Å². The summed E-state index contributed by atoms with van der Waals surface area (Å²) >= 11 is 0. The number of benzene rings is 1. The molecule has 0 saturated heterocycles. The molecule has 1 aromatic rings. The van der Waals surface area contributed by atoms with Gasteiger partial charge in [-0.3, -0.25) is 4.79 Å². The fourth-order valence-corrected chi connectivity index (χ4v) is 5.06. The molecule has 2 bridgehead atoms. The first-order chi connectivity index (χ1) is 11.2. The average Bonchev–Trinajstić information content (AvgIpc) is 3.22.